The Bertz CT molecular complexity index is 777. The van der Waals surface area contributed by atoms with Gasteiger partial charge in [0.15, 0.2) is 6.61 Å². The number of ether oxygens (including phenoxy) is 1. The standard InChI is InChI=1S/C18H20BrN3O4/c1-10(2)16(22-17(24)12-6-4-5-7-14(12)19)18(25)26-9-15(23)13(8-20)11(3)21/h4-7,10,16H,9,21H2,1-3H3,(H,22,24)/b13-11+. The van der Waals surface area contributed by atoms with E-state index in [9.17, 15) is 14.4 Å². The SMILES string of the molecule is C/C(N)=C(/C#N)C(=O)COC(=O)C(NC(=O)c1ccccc1Br)C(C)C. The maximum Gasteiger partial charge on any atom is 0.329 e. The highest BCUT2D eigenvalue weighted by atomic mass is 79.9. The molecule has 138 valence electrons. The molecule has 1 aromatic carbocycles. The van der Waals surface area contributed by atoms with Crippen molar-refractivity contribution in [1.82, 2.24) is 5.32 Å². The van der Waals surface area contributed by atoms with E-state index in [0.717, 1.165) is 0 Å². The first-order chi connectivity index (χ1) is 12.2. The molecule has 0 aliphatic carbocycles. The third kappa shape index (κ3) is 5.70. The number of rotatable bonds is 7. The molecule has 0 aromatic heterocycles. The van der Waals surface area contributed by atoms with Crippen molar-refractivity contribution in [2.75, 3.05) is 6.61 Å². The molecule has 1 atom stereocenters. The van der Waals surface area contributed by atoms with Crippen LogP contribution in [0.5, 0.6) is 0 Å². The molecule has 0 saturated carbocycles. The van der Waals surface area contributed by atoms with Crippen LogP contribution in [0.15, 0.2) is 40.0 Å². The molecular weight excluding hydrogens is 402 g/mol. The van der Waals surface area contributed by atoms with Gasteiger partial charge in [-0.3, -0.25) is 9.59 Å². The minimum Gasteiger partial charge on any atom is -0.456 e. The molecular formula is C18H20BrN3O4. The summed E-state index contributed by atoms with van der Waals surface area (Å²) in [7, 11) is 0. The number of hydrogen-bond donors (Lipinski definition) is 2. The van der Waals surface area contributed by atoms with E-state index in [1.165, 1.54) is 6.92 Å². The highest BCUT2D eigenvalue weighted by Gasteiger charge is 2.27. The first kappa shape index (κ1) is 21.4. The van der Waals surface area contributed by atoms with Crippen LogP contribution in [0.2, 0.25) is 0 Å². The maximum absolute atomic E-state index is 12.4. The van der Waals surface area contributed by atoms with Crippen molar-refractivity contribution in [3.63, 3.8) is 0 Å². The van der Waals surface area contributed by atoms with Crippen molar-refractivity contribution in [2.24, 2.45) is 11.7 Å². The van der Waals surface area contributed by atoms with Gasteiger partial charge in [0.05, 0.1) is 5.56 Å². The zero-order valence-corrected chi connectivity index (χ0v) is 16.3. The van der Waals surface area contributed by atoms with Crippen LogP contribution in [-0.4, -0.2) is 30.3 Å². The fourth-order valence-electron chi connectivity index (χ4n) is 2.03. The second-order valence-electron chi connectivity index (χ2n) is 5.88. The molecule has 0 radical (unpaired) electrons. The predicted molar refractivity (Wildman–Crippen MR) is 98.7 cm³/mol. The molecule has 0 bridgehead atoms. The number of nitriles is 1. The second kappa shape index (κ2) is 9.73. The Morgan fingerprint density at radius 2 is 1.92 bits per heavy atom. The van der Waals surface area contributed by atoms with Crippen LogP contribution in [0.1, 0.15) is 31.1 Å². The molecule has 0 aliphatic heterocycles. The number of carbonyl (C=O) groups is 3. The third-order valence-corrected chi connectivity index (χ3v) is 4.15. The molecule has 8 heteroatoms. The Kier molecular flexibility index (Phi) is 8.00. The molecule has 0 aliphatic rings. The number of nitrogens with two attached hydrogens (primary N) is 1. The van der Waals surface area contributed by atoms with Gasteiger partial charge in [-0.05, 0) is 40.9 Å². The van der Waals surface area contributed by atoms with Gasteiger partial charge in [0.2, 0.25) is 5.78 Å². The van der Waals surface area contributed by atoms with E-state index in [1.54, 1.807) is 44.2 Å². The van der Waals surface area contributed by atoms with Gasteiger partial charge in [0.25, 0.3) is 5.91 Å². The van der Waals surface area contributed by atoms with Gasteiger partial charge < -0.3 is 15.8 Å². The summed E-state index contributed by atoms with van der Waals surface area (Å²) in [6.07, 6.45) is 0. The Balaban J connectivity index is 2.81. The summed E-state index contributed by atoms with van der Waals surface area (Å²) in [6.45, 7) is 4.26. The van der Waals surface area contributed by atoms with Gasteiger partial charge in [0.1, 0.15) is 17.7 Å². The number of Topliss-reactive ketones (excluding diaryl/α,β-unsaturated/α-hetero) is 1. The number of amides is 1. The van der Waals surface area contributed by atoms with Crippen molar-refractivity contribution in [3.05, 3.63) is 45.6 Å². The van der Waals surface area contributed by atoms with E-state index in [0.29, 0.717) is 10.0 Å². The number of halogens is 1. The van der Waals surface area contributed by atoms with E-state index in [2.05, 4.69) is 21.2 Å². The Labute approximate surface area is 160 Å². The van der Waals surface area contributed by atoms with Crippen LogP contribution in [0.3, 0.4) is 0 Å². The predicted octanol–water partition coefficient (Wildman–Crippen LogP) is 2.07. The van der Waals surface area contributed by atoms with Crippen molar-refractivity contribution >= 4 is 33.6 Å². The third-order valence-electron chi connectivity index (χ3n) is 3.46. The van der Waals surface area contributed by atoms with E-state index >= 15 is 0 Å². The fraction of sp³-hybridized carbons (Fsp3) is 0.333. The largest absolute Gasteiger partial charge is 0.456 e. The molecule has 0 spiro atoms. The Hall–Kier alpha value is -2.66. The number of benzene rings is 1. The van der Waals surface area contributed by atoms with Gasteiger partial charge in [-0.1, -0.05) is 26.0 Å². The fourth-order valence-corrected chi connectivity index (χ4v) is 2.50. The Morgan fingerprint density at radius 1 is 1.31 bits per heavy atom. The molecule has 0 heterocycles. The smallest absolute Gasteiger partial charge is 0.329 e. The minimum absolute atomic E-state index is 0.0520. The van der Waals surface area contributed by atoms with E-state index in [1.807, 2.05) is 0 Å². The first-order valence-corrected chi connectivity index (χ1v) is 8.60. The maximum atomic E-state index is 12.4. The summed E-state index contributed by atoms with van der Waals surface area (Å²) in [5, 5.41) is 11.5. The topological polar surface area (TPSA) is 122 Å². The number of ketones is 1. The van der Waals surface area contributed by atoms with E-state index in [-0.39, 0.29) is 17.2 Å². The summed E-state index contributed by atoms with van der Waals surface area (Å²) in [4.78, 5) is 36.5. The molecule has 1 unspecified atom stereocenters. The number of allylic oxidation sites excluding steroid dienone is 1. The lowest BCUT2D eigenvalue weighted by atomic mass is 10.0. The van der Waals surface area contributed by atoms with Crippen molar-refractivity contribution < 1.29 is 19.1 Å². The molecule has 1 aromatic rings. The number of hydrogen-bond acceptors (Lipinski definition) is 6. The monoisotopic (exact) mass is 421 g/mol. The zero-order chi connectivity index (χ0) is 19.9. The Morgan fingerprint density at radius 3 is 2.42 bits per heavy atom. The van der Waals surface area contributed by atoms with Gasteiger partial charge >= 0.3 is 5.97 Å². The first-order valence-electron chi connectivity index (χ1n) is 7.80. The summed E-state index contributed by atoms with van der Waals surface area (Å²) >= 11 is 3.28. The summed E-state index contributed by atoms with van der Waals surface area (Å²) < 4.78 is 5.56. The number of nitrogens with zero attached hydrogens (tertiary/aromatic N) is 1. The molecule has 7 nitrogen and oxygen atoms in total. The highest BCUT2D eigenvalue weighted by molar-refractivity contribution is 9.10. The molecule has 1 rings (SSSR count). The quantitative estimate of drug-likeness (QED) is 0.394. The molecule has 0 fully saturated rings. The van der Waals surface area contributed by atoms with Crippen LogP contribution in [0.4, 0.5) is 0 Å². The molecule has 1 amide bonds. The number of esters is 1. The van der Waals surface area contributed by atoms with Gasteiger partial charge in [-0.25, -0.2) is 4.79 Å². The number of carbonyl (C=O) groups excluding carboxylic acids is 3. The normalized spacial score (nSPS) is 12.6. The summed E-state index contributed by atoms with van der Waals surface area (Å²) in [5.74, 6) is -2.18. The highest BCUT2D eigenvalue weighted by Crippen LogP contribution is 2.16. The number of nitrogens with one attached hydrogen (secondary N) is 1. The van der Waals surface area contributed by atoms with Crippen molar-refractivity contribution in [3.8, 4) is 6.07 Å². The minimum atomic E-state index is -0.948. The van der Waals surface area contributed by atoms with E-state index in [4.69, 9.17) is 15.7 Å². The van der Waals surface area contributed by atoms with Crippen molar-refractivity contribution in [1.29, 1.82) is 5.26 Å². The second-order valence-corrected chi connectivity index (χ2v) is 6.73. The zero-order valence-electron chi connectivity index (χ0n) is 14.7. The molecule has 26 heavy (non-hydrogen) atoms. The van der Waals surface area contributed by atoms with Crippen LogP contribution in [-0.2, 0) is 14.3 Å². The summed E-state index contributed by atoms with van der Waals surface area (Å²) in [6, 6.07) is 7.51. The lowest BCUT2D eigenvalue weighted by Crippen LogP contribution is -2.45. The summed E-state index contributed by atoms with van der Waals surface area (Å²) in [5.41, 5.74) is 5.61. The average Bonchev–Trinajstić information content (AvgIpc) is 2.57. The van der Waals surface area contributed by atoms with Crippen LogP contribution in [0, 0.1) is 17.2 Å². The van der Waals surface area contributed by atoms with Gasteiger partial charge in [-0.15, -0.1) is 0 Å². The lowest BCUT2D eigenvalue weighted by Gasteiger charge is -2.21. The van der Waals surface area contributed by atoms with Crippen LogP contribution in [0.25, 0.3) is 0 Å². The van der Waals surface area contributed by atoms with E-state index < -0.39 is 30.3 Å². The average molecular weight is 422 g/mol. The molecule has 3 N–H and O–H groups in total. The molecule has 0 saturated heterocycles. The van der Waals surface area contributed by atoms with Gasteiger partial charge in [-0.2, -0.15) is 5.26 Å². The van der Waals surface area contributed by atoms with Crippen LogP contribution < -0.4 is 11.1 Å². The van der Waals surface area contributed by atoms with Crippen LogP contribution >= 0.6 is 15.9 Å². The van der Waals surface area contributed by atoms with Gasteiger partial charge in [0, 0.05) is 10.2 Å². The lowest BCUT2D eigenvalue weighted by molar-refractivity contribution is -0.150. The van der Waals surface area contributed by atoms with Crippen molar-refractivity contribution in [2.45, 2.75) is 26.8 Å².